The van der Waals surface area contributed by atoms with Crippen molar-refractivity contribution >= 4 is 14.6 Å². The molecule has 0 unspecified atom stereocenters. The van der Waals surface area contributed by atoms with Gasteiger partial charge in [-0.2, -0.15) is 23.6 Å². The predicted octanol–water partition coefficient (Wildman–Crippen LogP) is -0.992. The van der Waals surface area contributed by atoms with E-state index in [2.05, 4.69) is 95.4 Å². The van der Waals surface area contributed by atoms with Crippen LogP contribution in [-0.2, 0) is 20.0 Å². The van der Waals surface area contributed by atoms with Crippen molar-refractivity contribution in [2.45, 2.75) is 27.2 Å². The normalized spacial score (nSPS) is 11.0. The summed E-state index contributed by atoms with van der Waals surface area (Å²) in [5, 5.41) is 2.66. The van der Waals surface area contributed by atoms with Gasteiger partial charge in [-0.15, -0.1) is 43.0 Å². The van der Waals surface area contributed by atoms with Crippen LogP contribution in [0, 0.1) is 6.08 Å². The van der Waals surface area contributed by atoms with Gasteiger partial charge in [0.25, 0.3) is 0 Å². The Kier molecular flexibility index (Phi) is 14.3. The van der Waals surface area contributed by atoms with E-state index in [0.29, 0.717) is 0 Å². The Morgan fingerprint density at radius 1 is 1.14 bits per heavy atom. The molecule has 112 valence electrons. The van der Waals surface area contributed by atoms with Crippen LogP contribution in [0.15, 0.2) is 60.2 Å². The van der Waals surface area contributed by atoms with Crippen molar-refractivity contribution in [3.05, 3.63) is 66.3 Å². The molecular formula is C18H20Cl2Ti-2. The molecule has 0 N–H and O–H groups in total. The van der Waals surface area contributed by atoms with Gasteiger partial charge in [0.2, 0.25) is 0 Å². The van der Waals surface area contributed by atoms with Crippen molar-refractivity contribution in [1.29, 1.82) is 0 Å². The topological polar surface area (TPSA) is 0 Å². The number of rotatable bonds is 0. The van der Waals surface area contributed by atoms with E-state index in [4.69, 9.17) is 0 Å². The average molecular weight is 355 g/mol. The number of hydrogen-bond acceptors (Lipinski definition) is 0. The minimum absolute atomic E-state index is 0. The van der Waals surface area contributed by atoms with E-state index < -0.39 is 0 Å². The second kappa shape index (κ2) is 13.2. The first-order chi connectivity index (χ1) is 9.09. The Balaban J connectivity index is 0. The molecule has 0 fully saturated rings. The number of fused-ring (bicyclic) bond motifs is 1. The third-order valence-corrected chi connectivity index (χ3v) is 2.42. The molecule has 3 rings (SSSR count). The molecular weight excluding hydrogens is 335 g/mol. The largest absolute Gasteiger partial charge is 1.00 e. The quantitative estimate of drug-likeness (QED) is 0.421. The zero-order chi connectivity index (χ0) is 14.1. The van der Waals surface area contributed by atoms with E-state index >= 15 is 0 Å². The average Bonchev–Trinajstić information content (AvgIpc) is 2.99. The van der Waals surface area contributed by atoms with Crippen LogP contribution in [0.3, 0.4) is 0 Å². The summed E-state index contributed by atoms with van der Waals surface area (Å²) in [6, 6.07) is 14.7. The minimum atomic E-state index is 0. The molecule has 0 nitrogen and oxygen atoms in total. The Bertz CT molecular complexity index is 543. The van der Waals surface area contributed by atoms with Gasteiger partial charge in [-0.1, -0.05) is 6.07 Å². The molecule has 1 aliphatic carbocycles. The maximum absolute atomic E-state index is 3.05. The van der Waals surface area contributed by atoms with Gasteiger partial charge < -0.3 is 24.8 Å². The van der Waals surface area contributed by atoms with Gasteiger partial charge in [0.1, 0.15) is 0 Å². The molecule has 0 amide bonds. The Labute approximate surface area is 152 Å². The standard InChI is InChI=1S/C9H7.C6H7.C3H6.2ClH.Ti/c1-2-5-9-7-3-6-8(9)4-1;1-6-4-2-3-5-6;1-3-2;;;/h1-7H;4-5H,2H2,1H3;1-2H3;2*1H;/q2*-1;;;;+2/p-2. The molecule has 1 aliphatic rings. The molecule has 2 aromatic rings. The Hall–Kier alpha value is -0.526. The predicted molar refractivity (Wildman–Crippen MR) is 82.1 cm³/mol. The third kappa shape index (κ3) is 10.8. The van der Waals surface area contributed by atoms with Gasteiger partial charge in [0.05, 0.1) is 0 Å². The fourth-order valence-electron chi connectivity index (χ4n) is 1.57. The summed E-state index contributed by atoms with van der Waals surface area (Å²) in [7, 11) is 0. The fourth-order valence-corrected chi connectivity index (χ4v) is 1.57. The second-order valence-electron chi connectivity index (χ2n) is 4.66. The number of hydrogen-bond donors (Lipinski definition) is 0. The monoisotopic (exact) mass is 354 g/mol. The minimum Gasteiger partial charge on any atom is -1.00 e. The zero-order valence-electron chi connectivity index (χ0n) is 12.7. The van der Waals surface area contributed by atoms with Gasteiger partial charge in [-0.3, -0.25) is 6.08 Å². The van der Waals surface area contributed by atoms with Crippen molar-refractivity contribution in [3.63, 3.8) is 0 Å². The summed E-state index contributed by atoms with van der Waals surface area (Å²) >= 11 is 2.08. The van der Waals surface area contributed by atoms with Crippen LogP contribution in [0.2, 0.25) is 0 Å². The smallest absolute Gasteiger partial charge is 0.0809 e. The molecule has 0 aliphatic heterocycles. The van der Waals surface area contributed by atoms with Gasteiger partial charge in [-0.25, -0.2) is 11.6 Å². The van der Waals surface area contributed by atoms with Crippen LogP contribution in [0.1, 0.15) is 27.2 Å². The second-order valence-corrected chi connectivity index (χ2v) is 6.22. The van der Waals surface area contributed by atoms with Crippen LogP contribution in [0.5, 0.6) is 0 Å². The molecule has 2 aromatic carbocycles. The molecule has 0 bridgehead atoms. The Morgan fingerprint density at radius 2 is 1.76 bits per heavy atom. The summed E-state index contributed by atoms with van der Waals surface area (Å²) in [5.41, 5.74) is 1.34. The SMILES string of the molecule is CC1=CC[C-]=C1.C[C](C)=[Ti+2].[Cl-].[Cl-].c1ccc2[cH-]ccc2c1. The maximum Gasteiger partial charge on any atom is -0.0809 e. The van der Waals surface area contributed by atoms with Crippen molar-refractivity contribution < 1.29 is 44.8 Å². The van der Waals surface area contributed by atoms with E-state index in [1.165, 1.54) is 20.2 Å². The Morgan fingerprint density at radius 3 is 2.19 bits per heavy atom. The van der Waals surface area contributed by atoms with Gasteiger partial charge in [0, 0.05) is 0 Å². The molecule has 0 saturated carbocycles. The van der Waals surface area contributed by atoms with Crippen molar-refractivity contribution in [2.75, 3.05) is 0 Å². The summed E-state index contributed by atoms with van der Waals surface area (Å²) < 4.78 is 1.42. The van der Waals surface area contributed by atoms with E-state index in [1.807, 2.05) is 6.08 Å². The molecule has 0 atom stereocenters. The first-order valence-corrected chi connectivity index (χ1v) is 7.23. The molecule has 0 radical (unpaired) electrons. The fraction of sp³-hybridized carbons (Fsp3) is 0.222. The zero-order valence-corrected chi connectivity index (χ0v) is 15.7. The van der Waals surface area contributed by atoms with Gasteiger partial charge >= 0.3 is 37.6 Å². The van der Waals surface area contributed by atoms with Crippen molar-refractivity contribution in [3.8, 4) is 0 Å². The molecule has 0 spiro atoms. The maximum atomic E-state index is 3.05. The number of halogens is 2. The summed E-state index contributed by atoms with van der Waals surface area (Å²) in [4.78, 5) is 0. The number of allylic oxidation sites excluding steroid dienone is 4. The first kappa shape index (κ1) is 22.8. The van der Waals surface area contributed by atoms with Gasteiger partial charge in [-0.05, 0) is 0 Å². The summed E-state index contributed by atoms with van der Waals surface area (Å²) in [6.45, 7) is 6.25. The third-order valence-electron chi connectivity index (χ3n) is 2.42. The van der Waals surface area contributed by atoms with Crippen LogP contribution < -0.4 is 24.8 Å². The van der Waals surface area contributed by atoms with Crippen molar-refractivity contribution in [2.24, 2.45) is 0 Å². The molecule has 0 heterocycles. The molecule has 21 heavy (non-hydrogen) atoms. The molecule has 0 saturated heterocycles. The van der Waals surface area contributed by atoms with Crippen LogP contribution in [0.25, 0.3) is 10.8 Å². The van der Waals surface area contributed by atoms with Gasteiger partial charge in [0.15, 0.2) is 0 Å². The summed E-state index contributed by atoms with van der Waals surface area (Å²) in [6.07, 6.45) is 8.24. The van der Waals surface area contributed by atoms with Crippen LogP contribution >= 0.6 is 0 Å². The van der Waals surface area contributed by atoms with E-state index in [9.17, 15) is 0 Å². The molecule has 3 heteroatoms. The number of benzene rings is 1. The van der Waals surface area contributed by atoms with E-state index in [1.54, 1.807) is 0 Å². The summed E-state index contributed by atoms with van der Waals surface area (Å²) in [5.74, 6) is 0. The van der Waals surface area contributed by atoms with Crippen molar-refractivity contribution in [1.82, 2.24) is 0 Å². The van der Waals surface area contributed by atoms with Crippen LogP contribution in [0.4, 0.5) is 0 Å². The molecule has 0 aromatic heterocycles. The van der Waals surface area contributed by atoms with Crippen LogP contribution in [-0.4, -0.2) is 3.81 Å². The first-order valence-electron chi connectivity index (χ1n) is 6.45. The van der Waals surface area contributed by atoms with E-state index in [-0.39, 0.29) is 24.8 Å². The van der Waals surface area contributed by atoms with E-state index in [0.717, 1.165) is 6.42 Å².